The van der Waals surface area contributed by atoms with Crippen molar-refractivity contribution in [1.82, 2.24) is 0 Å². The van der Waals surface area contributed by atoms with E-state index in [1.807, 2.05) is 0 Å². The highest BCUT2D eigenvalue weighted by Gasteiger charge is 2.38. The fraction of sp³-hybridized carbons (Fsp3) is 0.900. The molecule has 0 bridgehead atoms. The minimum Gasteiger partial charge on any atom is -0.481 e. The Kier molecular flexibility index (Phi) is 5.45. The number of halogens is 1. The van der Waals surface area contributed by atoms with Crippen molar-refractivity contribution in [2.75, 3.05) is 6.54 Å². The van der Waals surface area contributed by atoms with Crippen molar-refractivity contribution in [3.05, 3.63) is 0 Å². The summed E-state index contributed by atoms with van der Waals surface area (Å²) in [5.41, 5.74) is 5.58. The minimum absolute atomic E-state index is 0. The van der Waals surface area contributed by atoms with Gasteiger partial charge in [-0.3, -0.25) is 4.79 Å². The lowest BCUT2D eigenvalue weighted by Gasteiger charge is -2.25. The Morgan fingerprint density at radius 2 is 2.29 bits per heavy atom. The molecule has 0 aliphatic heterocycles. The first-order chi connectivity index (χ1) is 6.12. The Labute approximate surface area is 91.5 Å². The highest BCUT2D eigenvalue weighted by molar-refractivity contribution is 5.85. The molecule has 0 heterocycles. The molecule has 2 atom stereocenters. The summed E-state index contributed by atoms with van der Waals surface area (Å²) in [5.74, 6) is -0.00916. The zero-order valence-corrected chi connectivity index (χ0v) is 9.48. The number of nitrogens with two attached hydrogens (primary N) is 1. The number of carboxylic acids is 1. The van der Waals surface area contributed by atoms with Gasteiger partial charge in [-0.05, 0) is 37.1 Å². The minimum atomic E-state index is -0.706. The van der Waals surface area contributed by atoms with Crippen LogP contribution in [0.15, 0.2) is 0 Å². The number of carboxylic acid groups (broad SMARTS) is 1. The summed E-state index contributed by atoms with van der Waals surface area (Å²) in [6, 6.07) is 0. The van der Waals surface area contributed by atoms with Crippen LogP contribution in [-0.4, -0.2) is 17.6 Å². The maximum atomic E-state index is 10.7. The molecule has 3 nitrogen and oxygen atoms in total. The van der Waals surface area contributed by atoms with Crippen molar-refractivity contribution in [3.63, 3.8) is 0 Å². The molecule has 0 saturated heterocycles. The molecule has 1 aliphatic carbocycles. The quantitative estimate of drug-likeness (QED) is 0.764. The molecule has 0 aromatic rings. The van der Waals surface area contributed by atoms with E-state index in [1.165, 1.54) is 0 Å². The Hall–Kier alpha value is -0.280. The van der Waals surface area contributed by atoms with E-state index in [4.69, 9.17) is 10.8 Å². The topological polar surface area (TPSA) is 63.3 Å². The van der Waals surface area contributed by atoms with Gasteiger partial charge in [0.05, 0.1) is 6.42 Å². The summed E-state index contributed by atoms with van der Waals surface area (Å²) >= 11 is 0. The number of aliphatic carboxylic acids is 1. The van der Waals surface area contributed by atoms with Gasteiger partial charge in [0, 0.05) is 0 Å². The molecular formula is C10H20ClNO2. The SMILES string of the molecule is CC[C@@H]1CC[C@@](CN)(CC(=O)O)C1.Cl. The van der Waals surface area contributed by atoms with Crippen LogP contribution in [0.25, 0.3) is 0 Å². The molecule has 4 heteroatoms. The van der Waals surface area contributed by atoms with Gasteiger partial charge in [-0.25, -0.2) is 0 Å². The summed E-state index contributed by atoms with van der Waals surface area (Å²) in [7, 11) is 0. The third kappa shape index (κ3) is 3.14. The highest BCUT2D eigenvalue weighted by Crippen LogP contribution is 2.44. The van der Waals surface area contributed by atoms with Crippen molar-refractivity contribution >= 4 is 18.4 Å². The first kappa shape index (κ1) is 13.7. The monoisotopic (exact) mass is 221 g/mol. The molecule has 1 rings (SSSR count). The second-order valence-corrected chi connectivity index (χ2v) is 4.29. The molecule has 0 aromatic heterocycles. The summed E-state index contributed by atoms with van der Waals surface area (Å²) < 4.78 is 0. The van der Waals surface area contributed by atoms with Gasteiger partial charge >= 0.3 is 5.97 Å². The van der Waals surface area contributed by atoms with Gasteiger partial charge in [0.2, 0.25) is 0 Å². The van der Waals surface area contributed by atoms with Crippen LogP contribution in [0, 0.1) is 11.3 Å². The van der Waals surface area contributed by atoms with Crippen molar-refractivity contribution in [2.24, 2.45) is 17.1 Å². The molecule has 84 valence electrons. The Morgan fingerprint density at radius 1 is 1.64 bits per heavy atom. The lowest BCUT2D eigenvalue weighted by atomic mass is 9.82. The van der Waals surface area contributed by atoms with E-state index in [-0.39, 0.29) is 24.2 Å². The van der Waals surface area contributed by atoms with E-state index in [0.717, 1.165) is 25.7 Å². The first-order valence-corrected chi connectivity index (χ1v) is 5.04. The lowest BCUT2D eigenvalue weighted by Crippen LogP contribution is -2.30. The summed E-state index contributed by atoms with van der Waals surface area (Å²) in [6.45, 7) is 2.69. The van der Waals surface area contributed by atoms with Crippen molar-refractivity contribution in [3.8, 4) is 0 Å². The predicted molar refractivity (Wildman–Crippen MR) is 58.6 cm³/mol. The summed E-state index contributed by atoms with van der Waals surface area (Å²) in [5, 5.41) is 8.77. The molecule has 14 heavy (non-hydrogen) atoms. The van der Waals surface area contributed by atoms with Crippen LogP contribution < -0.4 is 5.73 Å². The van der Waals surface area contributed by atoms with Gasteiger partial charge in [0.15, 0.2) is 0 Å². The van der Waals surface area contributed by atoms with Crippen LogP contribution in [0.2, 0.25) is 0 Å². The first-order valence-electron chi connectivity index (χ1n) is 5.04. The molecule has 1 aliphatic rings. The molecule has 0 unspecified atom stereocenters. The maximum Gasteiger partial charge on any atom is 0.303 e. The third-order valence-corrected chi connectivity index (χ3v) is 3.34. The van der Waals surface area contributed by atoms with Gasteiger partial charge in [0.1, 0.15) is 0 Å². The van der Waals surface area contributed by atoms with Crippen LogP contribution in [0.4, 0.5) is 0 Å². The van der Waals surface area contributed by atoms with Gasteiger partial charge in [-0.15, -0.1) is 12.4 Å². The average molecular weight is 222 g/mol. The van der Waals surface area contributed by atoms with E-state index in [0.29, 0.717) is 12.5 Å². The largest absolute Gasteiger partial charge is 0.481 e. The van der Waals surface area contributed by atoms with Crippen molar-refractivity contribution < 1.29 is 9.90 Å². The second kappa shape index (κ2) is 5.56. The summed E-state index contributed by atoms with van der Waals surface area (Å²) in [6.07, 6.45) is 4.56. The normalized spacial score (nSPS) is 31.1. The Bertz CT molecular complexity index is 199. The number of hydrogen-bond donors (Lipinski definition) is 2. The lowest BCUT2D eigenvalue weighted by molar-refractivity contribution is -0.139. The Balaban J connectivity index is 0.00000169. The molecule has 0 amide bonds. The molecule has 0 spiro atoms. The zero-order chi connectivity index (χ0) is 9.90. The molecule has 3 N–H and O–H groups in total. The number of hydrogen-bond acceptors (Lipinski definition) is 2. The molecule has 1 saturated carbocycles. The fourth-order valence-electron chi connectivity index (χ4n) is 2.41. The van der Waals surface area contributed by atoms with E-state index in [2.05, 4.69) is 6.92 Å². The second-order valence-electron chi connectivity index (χ2n) is 4.29. The van der Waals surface area contributed by atoms with E-state index in [1.54, 1.807) is 0 Å². The van der Waals surface area contributed by atoms with Crippen LogP contribution in [0.5, 0.6) is 0 Å². The third-order valence-electron chi connectivity index (χ3n) is 3.34. The summed E-state index contributed by atoms with van der Waals surface area (Å²) in [4.78, 5) is 10.7. The van der Waals surface area contributed by atoms with Crippen LogP contribution in [-0.2, 0) is 4.79 Å². The molecular weight excluding hydrogens is 202 g/mol. The van der Waals surface area contributed by atoms with Crippen molar-refractivity contribution in [2.45, 2.75) is 39.0 Å². The fourth-order valence-corrected chi connectivity index (χ4v) is 2.41. The molecule has 0 aromatic carbocycles. The van der Waals surface area contributed by atoms with Crippen LogP contribution in [0.1, 0.15) is 39.0 Å². The van der Waals surface area contributed by atoms with Crippen LogP contribution in [0.3, 0.4) is 0 Å². The standard InChI is InChI=1S/C10H19NO2.ClH/c1-2-8-3-4-10(5-8,7-11)6-9(12)13;/h8H,2-7,11H2,1H3,(H,12,13);1H/t8-,10+;/m1./s1. The van der Waals surface area contributed by atoms with Crippen LogP contribution >= 0.6 is 12.4 Å². The zero-order valence-electron chi connectivity index (χ0n) is 8.66. The van der Waals surface area contributed by atoms with E-state index >= 15 is 0 Å². The predicted octanol–water partition coefficient (Wildman–Crippen LogP) is 2.04. The van der Waals surface area contributed by atoms with Gasteiger partial charge in [0.25, 0.3) is 0 Å². The highest BCUT2D eigenvalue weighted by atomic mass is 35.5. The molecule has 1 fully saturated rings. The smallest absolute Gasteiger partial charge is 0.303 e. The van der Waals surface area contributed by atoms with Gasteiger partial charge in [-0.2, -0.15) is 0 Å². The Morgan fingerprint density at radius 3 is 2.64 bits per heavy atom. The van der Waals surface area contributed by atoms with Crippen molar-refractivity contribution in [1.29, 1.82) is 0 Å². The van der Waals surface area contributed by atoms with E-state index in [9.17, 15) is 4.79 Å². The number of rotatable bonds is 4. The number of carbonyl (C=O) groups is 1. The van der Waals surface area contributed by atoms with Gasteiger partial charge in [-0.1, -0.05) is 13.3 Å². The maximum absolute atomic E-state index is 10.7. The average Bonchev–Trinajstić information content (AvgIpc) is 2.48. The van der Waals surface area contributed by atoms with Gasteiger partial charge < -0.3 is 10.8 Å². The molecule has 0 radical (unpaired) electrons. The van der Waals surface area contributed by atoms with E-state index < -0.39 is 5.97 Å².